The second-order valence-electron chi connectivity index (χ2n) is 10.2. The zero-order chi connectivity index (χ0) is 29.8. The fourth-order valence-corrected chi connectivity index (χ4v) is 5.06. The number of amides is 1. The van der Waals surface area contributed by atoms with Crippen molar-refractivity contribution >= 4 is 28.6 Å². The Morgan fingerprint density at radius 3 is 2.60 bits per heavy atom. The number of nitrogens with two attached hydrogens (primary N) is 1. The van der Waals surface area contributed by atoms with Gasteiger partial charge in [0.1, 0.15) is 23.3 Å². The number of hydrogen-bond donors (Lipinski definition) is 2. The van der Waals surface area contributed by atoms with Crippen LogP contribution >= 0.6 is 0 Å². The van der Waals surface area contributed by atoms with E-state index < -0.39 is 0 Å². The smallest absolute Gasteiger partial charge is 0.339 e. The van der Waals surface area contributed by atoms with Crippen molar-refractivity contribution in [3.8, 4) is 22.9 Å². The monoisotopic (exact) mass is 577 g/mol. The van der Waals surface area contributed by atoms with Crippen molar-refractivity contribution in [3.05, 3.63) is 108 Å². The molecule has 1 fully saturated rings. The van der Waals surface area contributed by atoms with Gasteiger partial charge >= 0.3 is 5.69 Å². The van der Waals surface area contributed by atoms with E-state index in [1.165, 1.54) is 21.5 Å². The fourth-order valence-electron chi connectivity index (χ4n) is 5.06. The maximum absolute atomic E-state index is 13.9. The molecule has 1 saturated heterocycles. The van der Waals surface area contributed by atoms with Crippen LogP contribution in [0, 0.1) is 0 Å². The van der Waals surface area contributed by atoms with E-state index in [1.807, 2.05) is 43.5 Å². The molecule has 6 rings (SSSR count). The molecule has 0 radical (unpaired) electrons. The number of aromatic nitrogens is 4. The van der Waals surface area contributed by atoms with Crippen LogP contribution in [0.1, 0.15) is 6.42 Å². The van der Waals surface area contributed by atoms with Gasteiger partial charge in [0.2, 0.25) is 5.91 Å². The number of ether oxygens (including phenoxy) is 2. The molecule has 0 aliphatic carbocycles. The van der Waals surface area contributed by atoms with Crippen LogP contribution < -0.4 is 21.5 Å². The summed E-state index contributed by atoms with van der Waals surface area (Å²) in [7, 11) is 2.02. The van der Waals surface area contributed by atoms with Crippen LogP contribution in [0.3, 0.4) is 0 Å². The maximum Gasteiger partial charge on any atom is 0.339 e. The molecule has 1 amide bonds. The molecular formula is C32H31N7O4. The van der Waals surface area contributed by atoms with Gasteiger partial charge in [-0.25, -0.2) is 19.3 Å². The van der Waals surface area contributed by atoms with Gasteiger partial charge in [0.05, 0.1) is 18.0 Å². The minimum absolute atomic E-state index is 0.161. The second kappa shape index (κ2) is 12.3. The minimum atomic E-state index is -0.388. The summed E-state index contributed by atoms with van der Waals surface area (Å²) in [5, 5.41) is 2.88. The quantitative estimate of drug-likeness (QED) is 0.250. The Kier molecular flexibility index (Phi) is 7.98. The molecule has 43 heavy (non-hydrogen) atoms. The molecule has 1 aliphatic rings. The summed E-state index contributed by atoms with van der Waals surface area (Å²) in [4.78, 5) is 37.3. The van der Waals surface area contributed by atoms with Gasteiger partial charge in [-0.2, -0.15) is 0 Å². The van der Waals surface area contributed by atoms with E-state index in [0.29, 0.717) is 58.9 Å². The summed E-state index contributed by atoms with van der Waals surface area (Å²) in [5.41, 5.74) is 8.20. The van der Waals surface area contributed by atoms with Gasteiger partial charge in [-0.15, -0.1) is 0 Å². The number of fused-ring (bicyclic) bond motifs is 1. The number of rotatable bonds is 9. The number of imidazole rings is 1. The first-order valence-corrected chi connectivity index (χ1v) is 13.9. The van der Waals surface area contributed by atoms with Crippen molar-refractivity contribution in [1.29, 1.82) is 0 Å². The Morgan fingerprint density at radius 2 is 1.84 bits per heavy atom. The molecule has 11 heteroatoms. The van der Waals surface area contributed by atoms with Gasteiger partial charge in [-0.3, -0.25) is 14.3 Å². The zero-order valence-electron chi connectivity index (χ0n) is 23.6. The van der Waals surface area contributed by atoms with Crippen LogP contribution in [0.15, 0.2) is 102 Å². The molecule has 3 N–H and O–H groups in total. The summed E-state index contributed by atoms with van der Waals surface area (Å²) < 4.78 is 14.3. The number of likely N-dealkylation sites (N-methyl/N-ethyl adjacent to an activating group) is 1. The first-order chi connectivity index (χ1) is 21.0. The molecule has 1 aliphatic heterocycles. The number of para-hydroxylation sites is 1. The Hall–Kier alpha value is -5.26. The number of hydrogen-bond acceptors (Lipinski definition) is 8. The zero-order valence-corrected chi connectivity index (χ0v) is 23.6. The van der Waals surface area contributed by atoms with Crippen LogP contribution in [-0.4, -0.2) is 62.8 Å². The van der Waals surface area contributed by atoms with Crippen molar-refractivity contribution in [2.75, 3.05) is 37.9 Å². The second-order valence-corrected chi connectivity index (χ2v) is 10.2. The number of nitrogens with one attached hydrogen (secondary N) is 1. The van der Waals surface area contributed by atoms with Gasteiger partial charge in [-0.1, -0.05) is 30.3 Å². The molecule has 3 aromatic carbocycles. The van der Waals surface area contributed by atoms with E-state index in [2.05, 4.69) is 20.2 Å². The lowest BCUT2D eigenvalue weighted by Crippen LogP contribution is -2.32. The molecule has 0 saturated carbocycles. The highest BCUT2D eigenvalue weighted by molar-refractivity contribution is 5.99. The Labute approximate surface area is 247 Å². The molecule has 1 atom stereocenters. The van der Waals surface area contributed by atoms with E-state index in [9.17, 15) is 9.59 Å². The number of benzene rings is 3. The van der Waals surface area contributed by atoms with Crippen molar-refractivity contribution in [2.24, 2.45) is 0 Å². The Bertz CT molecular complexity index is 1820. The molecule has 0 spiro atoms. The third-order valence-corrected chi connectivity index (χ3v) is 7.29. The van der Waals surface area contributed by atoms with E-state index in [4.69, 9.17) is 15.2 Å². The van der Waals surface area contributed by atoms with Gasteiger partial charge in [-0.05, 0) is 68.1 Å². The first-order valence-electron chi connectivity index (χ1n) is 13.9. The van der Waals surface area contributed by atoms with Gasteiger partial charge in [0.25, 0.3) is 0 Å². The number of carbonyl (C=O) groups is 1. The standard InChI is InChI=1S/C32H31N7O4/c1-37(25-16-18-42-20-25)17-6-11-28(40)36-22-7-5-8-24(19-22)39-31-29(30(33)34-21-35-31)38(32(39)41)23-12-14-27(15-13-23)43-26-9-3-2-4-10-26/h2-15,19,21,25H,16-18,20H2,1H3,(H,36,40)(H2,33,34,35). The minimum Gasteiger partial charge on any atom is -0.457 e. The molecule has 3 heterocycles. The summed E-state index contributed by atoms with van der Waals surface area (Å²) in [6.07, 6.45) is 5.64. The van der Waals surface area contributed by atoms with Crippen LogP contribution in [0.25, 0.3) is 22.5 Å². The van der Waals surface area contributed by atoms with Crippen LogP contribution in [0.5, 0.6) is 11.5 Å². The maximum atomic E-state index is 13.9. The van der Waals surface area contributed by atoms with Crippen molar-refractivity contribution < 1.29 is 14.3 Å². The largest absolute Gasteiger partial charge is 0.457 e. The van der Waals surface area contributed by atoms with Crippen molar-refractivity contribution in [1.82, 2.24) is 24.0 Å². The van der Waals surface area contributed by atoms with Gasteiger partial charge < -0.3 is 20.5 Å². The highest BCUT2D eigenvalue weighted by atomic mass is 16.5. The summed E-state index contributed by atoms with van der Waals surface area (Å²) in [6.45, 7) is 2.12. The third kappa shape index (κ3) is 6.03. The predicted octanol–water partition coefficient (Wildman–Crippen LogP) is 4.16. The first kappa shape index (κ1) is 27.9. The lowest BCUT2D eigenvalue weighted by atomic mass is 10.2. The lowest BCUT2D eigenvalue weighted by molar-refractivity contribution is -0.111. The highest BCUT2D eigenvalue weighted by Crippen LogP contribution is 2.26. The van der Waals surface area contributed by atoms with E-state index >= 15 is 0 Å². The average molecular weight is 578 g/mol. The normalized spacial score (nSPS) is 15.0. The molecular weight excluding hydrogens is 546 g/mol. The highest BCUT2D eigenvalue weighted by Gasteiger charge is 2.21. The van der Waals surface area contributed by atoms with Crippen LogP contribution in [0.4, 0.5) is 11.5 Å². The Balaban J connectivity index is 1.26. The van der Waals surface area contributed by atoms with Crippen LogP contribution in [0.2, 0.25) is 0 Å². The molecule has 218 valence electrons. The van der Waals surface area contributed by atoms with Gasteiger partial charge in [0, 0.05) is 31.0 Å². The third-order valence-electron chi connectivity index (χ3n) is 7.29. The van der Waals surface area contributed by atoms with E-state index in [-0.39, 0.29) is 17.4 Å². The van der Waals surface area contributed by atoms with Crippen LogP contribution in [-0.2, 0) is 9.53 Å². The topological polar surface area (TPSA) is 130 Å². The number of nitrogens with zero attached hydrogens (tertiary/aromatic N) is 5. The number of anilines is 2. The SMILES string of the molecule is CN(CC=CC(=O)Nc1cccc(-n2c(=O)n(-c3ccc(Oc4ccccc4)cc3)c3c(N)ncnc32)c1)C1CCOC1. The van der Waals surface area contributed by atoms with E-state index in [0.717, 1.165) is 13.0 Å². The number of nitrogen functional groups attached to an aromatic ring is 1. The lowest BCUT2D eigenvalue weighted by Gasteiger charge is -2.20. The number of carbonyl (C=O) groups excluding carboxylic acids is 1. The van der Waals surface area contributed by atoms with Crippen molar-refractivity contribution in [3.63, 3.8) is 0 Å². The fraction of sp³-hybridized carbons (Fsp3) is 0.188. The van der Waals surface area contributed by atoms with Crippen molar-refractivity contribution in [2.45, 2.75) is 12.5 Å². The van der Waals surface area contributed by atoms with Gasteiger partial charge in [0.15, 0.2) is 11.5 Å². The molecule has 2 aromatic heterocycles. The molecule has 11 nitrogen and oxygen atoms in total. The summed E-state index contributed by atoms with van der Waals surface area (Å²) in [5.74, 6) is 1.21. The van der Waals surface area contributed by atoms with E-state index in [1.54, 1.807) is 48.5 Å². The Morgan fingerprint density at radius 1 is 1.05 bits per heavy atom. The summed E-state index contributed by atoms with van der Waals surface area (Å²) in [6, 6.07) is 23.9. The summed E-state index contributed by atoms with van der Waals surface area (Å²) >= 11 is 0. The molecule has 1 unspecified atom stereocenters. The average Bonchev–Trinajstić information content (AvgIpc) is 3.65. The predicted molar refractivity (Wildman–Crippen MR) is 165 cm³/mol. The molecule has 5 aromatic rings. The molecule has 0 bridgehead atoms.